The fourth-order valence-corrected chi connectivity index (χ4v) is 4.09. The van der Waals surface area contributed by atoms with Crippen molar-refractivity contribution in [2.45, 2.75) is 66.4 Å². The Balaban J connectivity index is 2.21. The van der Waals surface area contributed by atoms with Gasteiger partial charge in [-0.25, -0.2) is 4.79 Å². The van der Waals surface area contributed by atoms with Crippen LogP contribution in [0.25, 0.3) is 0 Å². The Morgan fingerprint density at radius 3 is 2.19 bits per heavy atom. The number of benzene rings is 1. The second kappa shape index (κ2) is 9.78. The Morgan fingerprint density at radius 2 is 1.71 bits per heavy atom. The summed E-state index contributed by atoms with van der Waals surface area (Å²) in [5.41, 5.74) is 7.05. The normalized spacial score (nSPS) is 15.4. The maximum atomic E-state index is 12.3. The third-order valence-corrected chi connectivity index (χ3v) is 6.14. The topological polar surface area (TPSA) is 73.2 Å². The molecule has 1 aliphatic rings. The van der Waals surface area contributed by atoms with Gasteiger partial charge in [-0.3, -0.25) is 4.90 Å². The first-order valence-corrected chi connectivity index (χ1v) is 14.4. The molecule has 0 saturated carbocycles. The van der Waals surface area contributed by atoms with Crippen molar-refractivity contribution in [2.24, 2.45) is 0 Å². The van der Waals surface area contributed by atoms with Gasteiger partial charge in [-0.15, -0.1) is 5.54 Å². The minimum atomic E-state index is -1.56. The molecule has 0 atom stereocenters. The Hall–Kier alpha value is -1.79. The van der Waals surface area contributed by atoms with E-state index in [0.29, 0.717) is 25.1 Å². The van der Waals surface area contributed by atoms with Gasteiger partial charge >= 0.3 is 13.2 Å². The maximum Gasteiger partial charge on any atom is 0.489 e. The van der Waals surface area contributed by atoms with Crippen LogP contribution in [0, 0.1) is 25.3 Å². The van der Waals surface area contributed by atoms with Gasteiger partial charge in [0.25, 0.3) is 0 Å². The Bertz CT molecular complexity index is 871. The number of hydrogen-bond donors (Lipinski definition) is 2. The minimum Gasteiger partial charge on any atom is -0.444 e. The molecule has 0 aromatic heterocycles. The molecule has 1 aromatic rings. The molecule has 31 heavy (non-hydrogen) atoms. The number of hydrogen-bond acceptors (Lipinski definition) is 5. The van der Waals surface area contributed by atoms with Crippen molar-refractivity contribution in [3.05, 3.63) is 28.3 Å². The number of piperazine rings is 1. The van der Waals surface area contributed by atoms with E-state index in [1.165, 1.54) is 0 Å². The van der Waals surface area contributed by atoms with E-state index in [9.17, 15) is 14.8 Å². The summed E-state index contributed by atoms with van der Waals surface area (Å²) in [6, 6.07) is 2.09. The first-order chi connectivity index (χ1) is 14.2. The SMILES string of the molecule is Cc1c(C#C[Si](C)(C)C)cc(CN2CCN(C(=O)OC(C)(C)C)CC2)c(C)c1B(O)O. The highest BCUT2D eigenvalue weighted by molar-refractivity contribution is 6.83. The Kier molecular flexibility index (Phi) is 8.04. The summed E-state index contributed by atoms with van der Waals surface area (Å²) in [4.78, 5) is 16.3. The summed E-state index contributed by atoms with van der Waals surface area (Å²) < 4.78 is 5.48. The molecule has 0 aliphatic carbocycles. The van der Waals surface area contributed by atoms with Crippen LogP contribution < -0.4 is 5.46 Å². The molecule has 1 aromatic carbocycles. The zero-order chi connectivity index (χ0) is 23.6. The van der Waals surface area contributed by atoms with E-state index in [0.717, 1.165) is 35.3 Å². The van der Waals surface area contributed by atoms with Crippen molar-refractivity contribution in [1.29, 1.82) is 0 Å². The van der Waals surface area contributed by atoms with Gasteiger partial charge in [-0.2, -0.15) is 0 Å². The lowest BCUT2D eigenvalue weighted by Gasteiger charge is -2.36. The lowest BCUT2D eigenvalue weighted by molar-refractivity contribution is 0.0139. The average molecular weight is 444 g/mol. The summed E-state index contributed by atoms with van der Waals surface area (Å²) in [6.07, 6.45) is -0.270. The van der Waals surface area contributed by atoms with Crippen molar-refractivity contribution >= 4 is 26.7 Å². The van der Waals surface area contributed by atoms with Crippen molar-refractivity contribution < 1.29 is 19.6 Å². The fourth-order valence-electron chi connectivity index (χ4n) is 3.58. The standard InChI is InChI=1S/C23H37BN2O4Si/c1-17-19(9-14-31(6,7)8)15-20(18(2)21(17)24(28)29)16-25-10-12-26(13-11-25)22(27)30-23(3,4)5/h15,28-29H,10-13,16H2,1-8H3. The van der Waals surface area contributed by atoms with Crippen LogP contribution >= 0.6 is 0 Å². The summed E-state index contributed by atoms with van der Waals surface area (Å²) >= 11 is 0. The van der Waals surface area contributed by atoms with Crippen LogP contribution in [-0.2, 0) is 11.3 Å². The molecular weight excluding hydrogens is 407 g/mol. The van der Waals surface area contributed by atoms with Crippen molar-refractivity contribution in [3.8, 4) is 11.5 Å². The van der Waals surface area contributed by atoms with Gasteiger partial charge in [0, 0.05) is 38.3 Å². The Morgan fingerprint density at radius 1 is 1.13 bits per heavy atom. The molecule has 1 saturated heterocycles. The number of nitrogens with zero attached hydrogens (tertiary/aromatic N) is 2. The highest BCUT2D eigenvalue weighted by Crippen LogP contribution is 2.19. The largest absolute Gasteiger partial charge is 0.489 e. The molecule has 0 spiro atoms. The van der Waals surface area contributed by atoms with E-state index in [1.807, 2.05) is 34.6 Å². The van der Waals surface area contributed by atoms with Crippen LogP contribution in [-0.4, -0.2) is 72.9 Å². The van der Waals surface area contributed by atoms with Crippen LogP contribution in [0.5, 0.6) is 0 Å². The fraction of sp³-hybridized carbons (Fsp3) is 0.609. The van der Waals surface area contributed by atoms with Gasteiger partial charge in [0.05, 0.1) is 0 Å². The smallest absolute Gasteiger partial charge is 0.444 e. The summed E-state index contributed by atoms with van der Waals surface area (Å²) in [6.45, 7) is 19.4. The number of rotatable bonds is 3. The quantitative estimate of drug-likeness (QED) is 0.553. The molecule has 1 aliphatic heterocycles. The molecule has 170 valence electrons. The highest BCUT2D eigenvalue weighted by atomic mass is 28.3. The first kappa shape index (κ1) is 25.5. The molecule has 1 heterocycles. The zero-order valence-electron chi connectivity index (χ0n) is 20.3. The van der Waals surface area contributed by atoms with Crippen LogP contribution in [0.3, 0.4) is 0 Å². The van der Waals surface area contributed by atoms with E-state index < -0.39 is 20.8 Å². The van der Waals surface area contributed by atoms with E-state index in [-0.39, 0.29) is 6.09 Å². The lowest BCUT2D eigenvalue weighted by atomic mass is 9.72. The molecule has 1 amide bonds. The maximum absolute atomic E-state index is 12.3. The van der Waals surface area contributed by atoms with Gasteiger partial charge in [0.15, 0.2) is 0 Å². The van der Waals surface area contributed by atoms with E-state index in [4.69, 9.17) is 4.74 Å². The molecule has 2 rings (SSSR count). The molecule has 1 fully saturated rings. The van der Waals surface area contributed by atoms with Crippen LogP contribution in [0.2, 0.25) is 19.6 Å². The second-order valence-electron chi connectivity index (χ2n) is 10.4. The van der Waals surface area contributed by atoms with Gasteiger partial charge in [0.1, 0.15) is 13.7 Å². The van der Waals surface area contributed by atoms with Gasteiger partial charge < -0.3 is 19.7 Å². The van der Waals surface area contributed by atoms with Gasteiger partial charge in [0.2, 0.25) is 0 Å². The minimum absolute atomic E-state index is 0.270. The summed E-state index contributed by atoms with van der Waals surface area (Å²) in [5, 5.41) is 20.0. The van der Waals surface area contributed by atoms with Crippen molar-refractivity contribution in [1.82, 2.24) is 9.80 Å². The van der Waals surface area contributed by atoms with E-state index in [2.05, 4.69) is 42.1 Å². The molecular formula is C23H37BN2O4Si. The van der Waals surface area contributed by atoms with E-state index >= 15 is 0 Å². The number of amides is 1. The summed E-state index contributed by atoms with van der Waals surface area (Å²) in [5.74, 6) is 3.30. The average Bonchev–Trinajstić information content (AvgIpc) is 2.61. The predicted octanol–water partition coefficient (Wildman–Crippen LogP) is 2.26. The number of carbonyl (C=O) groups is 1. The van der Waals surface area contributed by atoms with Crippen LogP contribution in [0.1, 0.15) is 43.0 Å². The molecule has 0 bridgehead atoms. The number of ether oxygens (including phenoxy) is 1. The molecule has 8 heteroatoms. The predicted molar refractivity (Wildman–Crippen MR) is 129 cm³/mol. The molecule has 2 N–H and O–H groups in total. The van der Waals surface area contributed by atoms with Gasteiger partial charge in [-0.1, -0.05) is 25.6 Å². The second-order valence-corrected chi connectivity index (χ2v) is 15.1. The lowest BCUT2D eigenvalue weighted by Crippen LogP contribution is -2.49. The zero-order valence-corrected chi connectivity index (χ0v) is 21.3. The third kappa shape index (κ3) is 7.39. The molecule has 0 radical (unpaired) electrons. The molecule has 6 nitrogen and oxygen atoms in total. The van der Waals surface area contributed by atoms with Crippen LogP contribution in [0.15, 0.2) is 6.07 Å². The first-order valence-electron chi connectivity index (χ1n) is 10.9. The number of carbonyl (C=O) groups excluding carboxylic acids is 1. The van der Waals surface area contributed by atoms with Crippen molar-refractivity contribution in [3.63, 3.8) is 0 Å². The summed E-state index contributed by atoms with van der Waals surface area (Å²) in [7, 11) is -3.09. The highest BCUT2D eigenvalue weighted by Gasteiger charge is 2.27. The van der Waals surface area contributed by atoms with Crippen LogP contribution in [0.4, 0.5) is 4.79 Å². The molecule has 0 unspecified atom stereocenters. The van der Waals surface area contributed by atoms with E-state index in [1.54, 1.807) is 4.90 Å². The Labute approximate surface area is 188 Å². The third-order valence-electron chi connectivity index (χ3n) is 5.26. The van der Waals surface area contributed by atoms with Gasteiger partial charge in [-0.05, 0) is 62.8 Å². The van der Waals surface area contributed by atoms with Crippen molar-refractivity contribution in [2.75, 3.05) is 26.2 Å². The monoisotopic (exact) mass is 444 g/mol.